The van der Waals surface area contributed by atoms with E-state index in [0.29, 0.717) is 31.5 Å². The molecule has 1 amide bonds. The van der Waals surface area contributed by atoms with Crippen molar-refractivity contribution in [1.82, 2.24) is 20.5 Å². The highest BCUT2D eigenvalue weighted by atomic mass is 127. The number of guanidine groups is 1. The van der Waals surface area contributed by atoms with Gasteiger partial charge in [0.15, 0.2) is 5.96 Å². The first-order valence-electron chi connectivity index (χ1n) is 8.26. The molecule has 8 nitrogen and oxygen atoms in total. The van der Waals surface area contributed by atoms with Crippen LogP contribution in [0.25, 0.3) is 0 Å². The summed E-state index contributed by atoms with van der Waals surface area (Å²) in [7, 11) is 3.30. The number of nitrogens with one attached hydrogen (secondary N) is 2. The van der Waals surface area contributed by atoms with E-state index in [2.05, 4.69) is 20.6 Å². The summed E-state index contributed by atoms with van der Waals surface area (Å²) < 4.78 is 10.5. The van der Waals surface area contributed by atoms with E-state index in [0.717, 1.165) is 5.69 Å². The van der Waals surface area contributed by atoms with Gasteiger partial charge in [0.2, 0.25) is 5.88 Å². The summed E-state index contributed by atoms with van der Waals surface area (Å²) in [6.45, 7) is 7.29. The summed E-state index contributed by atoms with van der Waals surface area (Å²) >= 11 is 0. The number of likely N-dealkylation sites (tertiary alicyclic amines) is 1. The largest absolute Gasteiger partial charge is 0.481 e. The first-order chi connectivity index (χ1) is 11.8. The van der Waals surface area contributed by atoms with Gasteiger partial charge in [-0.25, -0.2) is 9.78 Å². The zero-order valence-electron chi connectivity index (χ0n) is 15.9. The molecule has 1 aromatic rings. The van der Waals surface area contributed by atoms with Crippen LogP contribution in [0.3, 0.4) is 0 Å². The molecule has 0 atom stereocenters. The predicted molar refractivity (Wildman–Crippen MR) is 111 cm³/mol. The van der Waals surface area contributed by atoms with Crippen LogP contribution in [0.4, 0.5) is 4.79 Å². The van der Waals surface area contributed by atoms with E-state index in [4.69, 9.17) is 9.47 Å². The van der Waals surface area contributed by atoms with Crippen molar-refractivity contribution in [2.24, 2.45) is 4.99 Å². The highest BCUT2D eigenvalue weighted by Crippen LogP contribution is 2.15. The molecule has 0 unspecified atom stereocenters. The molecule has 0 saturated carbocycles. The number of hydrogen-bond donors (Lipinski definition) is 2. The third kappa shape index (κ3) is 6.85. The lowest BCUT2D eigenvalue weighted by Crippen LogP contribution is -2.63. The van der Waals surface area contributed by atoms with Gasteiger partial charge in [-0.1, -0.05) is 6.07 Å². The Balaban J connectivity index is 0.00000338. The Morgan fingerprint density at radius 3 is 2.65 bits per heavy atom. The molecule has 9 heteroatoms. The number of hydrogen-bond acceptors (Lipinski definition) is 5. The topological polar surface area (TPSA) is 88.1 Å². The second-order valence-corrected chi connectivity index (χ2v) is 6.82. The molecule has 1 fully saturated rings. The zero-order valence-corrected chi connectivity index (χ0v) is 18.2. The number of aliphatic imine (C=N–C) groups is 1. The minimum Gasteiger partial charge on any atom is -0.481 e. The quantitative estimate of drug-likeness (QED) is 0.392. The maximum absolute atomic E-state index is 11.9. The van der Waals surface area contributed by atoms with Crippen LogP contribution >= 0.6 is 24.0 Å². The Kier molecular flexibility index (Phi) is 8.38. The van der Waals surface area contributed by atoms with E-state index in [1.807, 2.05) is 32.9 Å². The average molecular weight is 477 g/mol. The molecule has 0 aromatic carbocycles. The standard InChI is InChI=1S/C17H27N5O3.HI/c1-17(2,3)25-16(23)22-10-13(11-22)21-15(18-4)19-9-12-7-6-8-14(20-12)24-5;/h6-8,13H,9-11H2,1-5H3,(H2,18,19,21);1H. The number of halogens is 1. The SMILES string of the molecule is CN=C(NCc1cccc(OC)n1)NC1CN(C(=O)OC(C)(C)C)C1.I. The number of carbonyl (C=O) groups excluding carboxylic acids is 1. The molecular weight excluding hydrogens is 449 g/mol. The van der Waals surface area contributed by atoms with Gasteiger partial charge in [-0.3, -0.25) is 4.99 Å². The first kappa shape index (κ1) is 22.3. The van der Waals surface area contributed by atoms with E-state index in [-0.39, 0.29) is 36.1 Å². The van der Waals surface area contributed by atoms with Gasteiger partial charge >= 0.3 is 6.09 Å². The van der Waals surface area contributed by atoms with Gasteiger partial charge < -0.3 is 25.0 Å². The molecule has 2 N–H and O–H groups in total. The van der Waals surface area contributed by atoms with Gasteiger partial charge in [0.1, 0.15) is 5.60 Å². The van der Waals surface area contributed by atoms with Crippen LogP contribution in [-0.2, 0) is 11.3 Å². The first-order valence-corrected chi connectivity index (χ1v) is 8.26. The Labute approximate surface area is 171 Å². The number of ether oxygens (including phenoxy) is 2. The van der Waals surface area contributed by atoms with Gasteiger partial charge in [0.25, 0.3) is 0 Å². The Bertz CT molecular complexity index is 627. The lowest BCUT2D eigenvalue weighted by molar-refractivity contribution is 0.00701. The molecule has 0 aliphatic carbocycles. The van der Waals surface area contributed by atoms with E-state index < -0.39 is 5.60 Å². The van der Waals surface area contributed by atoms with Gasteiger partial charge in [-0.05, 0) is 26.8 Å². The third-order valence-electron chi connectivity index (χ3n) is 3.52. The highest BCUT2D eigenvalue weighted by molar-refractivity contribution is 14.0. The van der Waals surface area contributed by atoms with Crippen molar-refractivity contribution >= 4 is 36.0 Å². The molecule has 146 valence electrons. The summed E-state index contributed by atoms with van der Waals surface area (Å²) in [6.07, 6.45) is -0.283. The van der Waals surface area contributed by atoms with Crippen LogP contribution in [-0.4, -0.2) is 60.8 Å². The summed E-state index contributed by atoms with van der Waals surface area (Å²) in [4.78, 5) is 22.1. The fourth-order valence-electron chi connectivity index (χ4n) is 2.28. The maximum Gasteiger partial charge on any atom is 0.410 e. The normalized spacial score (nSPS) is 14.8. The summed E-state index contributed by atoms with van der Waals surface area (Å²) in [5.74, 6) is 1.24. The van der Waals surface area contributed by atoms with Crippen LogP contribution in [0.15, 0.2) is 23.2 Å². The highest BCUT2D eigenvalue weighted by Gasteiger charge is 2.34. The van der Waals surface area contributed by atoms with Crippen molar-refractivity contribution in [3.05, 3.63) is 23.9 Å². The van der Waals surface area contributed by atoms with Crippen molar-refractivity contribution in [3.8, 4) is 5.88 Å². The molecule has 1 aliphatic heterocycles. The number of aromatic nitrogens is 1. The van der Waals surface area contributed by atoms with E-state index >= 15 is 0 Å². The molecule has 2 heterocycles. The summed E-state index contributed by atoms with van der Waals surface area (Å²) in [5, 5.41) is 6.48. The third-order valence-corrected chi connectivity index (χ3v) is 3.52. The monoisotopic (exact) mass is 477 g/mol. The zero-order chi connectivity index (χ0) is 18.4. The van der Waals surface area contributed by atoms with Crippen LogP contribution in [0.2, 0.25) is 0 Å². The minimum atomic E-state index is -0.475. The summed E-state index contributed by atoms with van der Waals surface area (Å²) in [5.41, 5.74) is 0.378. The van der Waals surface area contributed by atoms with Crippen LogP contribution in [0, 0.1) is 0 Å². The average Bonchev–Trinajstić information content (AvgIpc) is 2.51. The van der Waals surface area contributed by atoms with Gasteiger partial charge in [-0.2, -0.15) is 0 Å². The van der Waals surface area contributed by atoms with Crippen molar-refractivity contribution in [2.45, 2.75) is 39.0 Å². The number of carbonyl (C=O) groups is 1. The number of methoxy groups -OCH3 is 1. The molecular formula is C17H28IN5O3. The van der Waals surface area contributed by atoms with Crippen molar-refractivity contribution < 1.29 is 14.3 Å². The number of rotatable bonds is 4. The van der Waals surface area contributed by atoms with Crippen molar-refractivity contribution in [1.29, 1.82) is 0 Å². The second kappa shape index (κ2) is 9.79. The Hall–Kier alpha value is -1.78. The second-order valence-electron chi connectivity index (χ2n) is 6.82. The minimum absolute atomic E-state index is 0. The number of amides is 1. The fraction of sp³-hybridized carbons (Fsp3) is 0.588. The molecule has 1 saturated heterocycles. The van der Waals surface area contributed by atoms with Gasteiger partial charge in [0.05, 0.1) is 25.4 Å². The number of pyridine rings is 1. The predicted octanol–water partition coefficient (Wildman–Crippen LogP) is 1.99. The van der Waals surface area contributed by atoms with E-state index in [1.165, 1.54) is 0 Å². The number of nitrogens with zero attached hydrogens (tertiary/aromatic N) is 3. The smallest absolute Gasteiger partial charge is 0.410 e. The van der Waals surface area contributed by atoms with Crippen molar-refractivity contribution in [2.75, 3.05) is 27.2 Å². The van der Waals surface area contributed by atoms with E-state index in [1.54, 1.807) is 25.1 Å². The lowest BCUT2D eigenvalue weighted by atomic mass is 10.1. The molecule has 0 radical (unpaired) electrons. The lowest BCUT2D eigenvalue weighted by Gasteiger charge is -2.40. The molecule has 2 rings (SSSR count). The molecule has 1 aromatic heterocycles. The molecule has 0 spiro atoms. The van der Waals surface area contributed by atoms with Gasteiger partial charge in [-0.15, -0.1) is 24.0 Å². The van der Waals surface area contributed by atoms with E-state index in [9.17, 15) is 4.79 Å². The molecule has 26 heavy (non-hydrogen) atoms. The fourth-order valence-corrected chi connectivity index (χ4v) is 2.28. The van der Waals surface area contributed by atoms with Crippen LogP contribution < -0.4 is 15.4 Å². The maximum atomic E-state index is 11.9. The molecule has 0 bridgehead atoms. The summed E-state index contributed by atoms with van der Waals surface area (Å²) in [6, 6.07) is 5.76. The van der Waals surface area contributed by atoms with Gasteiger partial charge in [0, 0.05) is 26.2 Å². The Morgan fingerprint density at radius 2 is 2.08 bits per heavy atom. The molecule has 1 aliphatic rings. The van der Waals surface area contributed by atoms with Crippen LogP contribution in [0.1, 0.15) is 26.5 Å². The Morgan fingerprint density at radius 1 is 1.38 bits per heavy atom. The van der Waals surface area contributed by atoms with Crippen molar-refractivity contribution in [3.63, 3.8) is 0 Å². The van der Waals surface area contributed by atoms with Crippen LogP contribution in [0.5, 0.6) is 5.88 Å².